The quantitative estimate of drug-likeness (QED) is 0.210. The molecule has 5 heavy (non-hydrogen) atoms. The molecule has 0 aromatic heterocycles. The molecule has 0 radical (unpaired) electrons. The second-order valence-corrected chi connectivity index (χ2v) is 0.566. The molecule has 0 saturated heterocycles. The van der Waals surface area contributed by atoms with Crippen LogP contribution in [0.25, 0.3) is 10.4 Å². The number of rotatable bonds is 0. The molecule has 4 nitrogen and oxygen atoms in total. The summed E-state index contributed by atoms with van der Waals surface area (Å²) in [5.41, 5.74) is 7.35. The van der Waals surface area contributed by atoms with Crippen molar-refractivity contribution in [3.05, 3.63) is 10.4 Å². The minimum atomic E-state index is 0. The summed E-state index contributed by atoms with van der Waals surface area (Å²) >= 11 is 1.03. The fourth-order valence-electron chi connectivity index (χ4n) is 0. The van der Waals surface area contributed by atoms with Crippen molar-refractivity contribution in [3.63, 3.8) is 0 Å². The van der Waals surface area contributed by atoms with E-state index in [9.17, 15) is 0 Å². The van der Waals surface area contributed by atoms with Gasteiger partial charge in [-0.1, -0.05) is 0 Å². The van der Waals surface area contributed by atoms with Gasteiger partial charge in [0.15, 0.2) is 0 Å². The first-order valence-electron chi connectivity index (χ1n) is 0.658. The number of hydrogen-bond donors (Lipinski definition) is 1. The Morgan fingerprint density at radius 3 is 2.00 bits per heavy atom. The van der Waals surface area contributed by atoms with E-state index in [-0.39, 0.29) is 6.15 Å². The van der Waals surface area contributed by atoms with Crippen LogP contribution in [-0.4, -0.2) is 0 Å². The second-order valence-electron chi connectivity index (χ2n) is 0.205. The van der Waals surface area contributed by atoms with Gasteiger partial charge in [-0.05, 0) is 0 Å². The topological polar surface area (TPSA) is 83.8 Å². The van der Waals surface area contributed by atoms with Crippen LogP contribution >= 0.6 is 0 Å². The van der Waals surface area contributed by atoms with Crippen LogP contribution in [0.3, 0.4) is 0 Å². The Labute approximate surface area is 41.5 Å². The first kappa shape index (κ1) is 8.88. The van der Waals surface area contributed by atoms with Crippen molar-refractivity contribution in [1.82, 2.24) is 6.15 Å². The Bertz CT molecular complexity index is 41.6. The molecule has 0 amide bonds. The molecule has 0 aliphatic carbocycles. The minimum absolute atomic E-state index is 0. The monoisotopic (exact) mass is 108 g/mol. The molecule has 0 atom stereocenters. The van der Waals surface area contributed by atoms with E-state index in [1.807, 2.05) is 0 Å². The van der Waals surface area contributed by atoms with Crippen LogP contribution in [0.2, 0.25) is 0 Å². The maximum absolute atomic E-state index is 7.35. The van der Waals surface area contributed by atoms with Crippen molar-refractivity contribution < 1.29 is 20.7 Å². The SMILES string of the molecule is N.[N-]=[N+]=[N][TiH]. The molecule has 5 heteroatoms. The van der Waals surface area contributed by atoms with Crippen LogP contribution in [0.5, 0.6) is 0 Å². The molecular weight excluding hydrogens is 104 g/mol. The predicted molar refractivity (Wildman–Crippen MR) is 15.6 cm³/mol. The fraction of sp³-hybridized carbons (Fsp3) is 0. The molecule has 0 aliphatic rings. The van der Waals surface area contributed by atoms with Crippen LogP contribution in [0.15, 0.2) is 3.60 Å². The average molecular weight is 108 g/mol. The van der Waals surface area contributed by atoms with E-state index in [1.165, 1.54) is 0 Å². The van der Waals surface area contributed by atoms with Crippen molar-refractivity contribution in [2.45, 2.75) is 0 Å². The molecule has 28 valence electrons. The van der Waals surface area contributed by atoms with Crippen LogP contribution in [-0.2, 0) is 20.7 Å². The number of nitrogens with zero attached hydrogens (tertiary/aromatic N) is 3. The Kier molecular flexibility index (Phi) is 16.0. The van der Waals surface area contributed by atoms with E-state index in [1.54, 1.807) is 0 Å². The van der Waals surface area contributed by atoms with Gasteiger partial charge in [0.25, 0.3) is 0 Å². The zero-order valence-corrected chi connectivity index (χ0v) is 4.43. The van der Waals surface area contributed by atoms with Gasteiger partial charge in [-0.25, -0.2) is 0 Å². The van der Waals surface area contributed by atoms with Crippen molar-refractivity contribution in [2.75, 3.05) is 0 Å². The normalized spacial score (nSPS) is 3.20. The van der Waals surface area contributed by atoms with E-state index in [0.29, 0.717) is 0 Å². The fourth-order valence-corrected chi connectivity index (χ4v) is 0. The molecule has 0 bridgehead atoms. The molecule has 0 spiro atoms. The van der Waals surface area contributed by atoms with Crippen molar-refractivity contribution >= 4 is 0 Å². The molecular formula is H4N4Ti. The van der Waals surface area contributed by atoms with Gasteiger partial charge in [0, 0.05) is 0 Å². The maximum atomic E-state index is 7.35. The molecule has 0 heterocycles. The van der Waals surface area contributed by atoms with Crippen LogP contribution < -0.4 is 6.15 Å². The molecule has 0 fully saturated rings. The van der Waals surface area contributed by atoms with Gasteiger partial charge in [0.05, 0.1) is 0 Å². The summed E-state index contributed by atoms with van der Waals surface area (Å²) in [6.07, 6.45) is 0. The van der Waals surface area contributed by atoms with Crippen molar-refractivity contribution in [3.8, 4) is 0 Å². The Hall–Kier alpha value is -0.0157. The predicted octanol–water partition coefficient (Wildman–Crippen LogP) is 0.653. The summed E-state index contributed by atoms with van der Waals surface area (Å²) in [6.45, 7) is 0. The van der Waals surface area contributed by atoms with E-state index in [0.717, 1.165) is 20.7 Å². The number of hydrogen-bond acceptors (Lipinski definition) is 2. The standard InChI is InChI=1S/N3.H3N.Ti.H/c1-3-2;;;/h;1H3;;/q-1;;+1;. The van der Waals surface area contributed by atoms with Gasteiger partial charge in [-0.15, -0.1) is 0 Å². The van der Waals surface area contributed by atoms with Crippen LogP contribution in [0, 0.1) is 0 Å². The van der Waals surface area contributed by atoms with E-state index < -0.39 is 0 Å². The van der Waals surface area contributed by atoms with E-state index in [2.05, 4.69) is 8.51 Å². The Balaban J connectivity index is 0. The van der Waals surface area contributed by atoms with E-state index >= 15 is 0 Å². The van der Waals surface area contributed by atoms with Crippen LogP contribution in [0.4, 0.5) is 0 Å². The second kappa shape index (κ2) is 9.01. The molecule has 0 saturated carbocycles. The summed E-state index contributed by atoms with van der Waals surface area (Å²) in [7, 11) is 0. The summed E-state index contributed by atoms with van der Waals surface area (Å²) in [5, 5.41) is 0. The van der Waals surface area contributed by atoms with Gasteiger partial charge in [0.1, 0.15) is 0 Å². The summed E-state index contributed by atoms with van der Waals surface area (Å²) in [6, 6.07) is 0. The zero-order valence-electron chi connectivity index (χ0n) is 2.63. The summed E-state index contributed by atoms with van der Waals surface area (Å²) in [4.78, 5) is 2.39. The third-order valence-electron chi connectivity index (χ3n) is 0.0516. The molecule has 0 aromatic carbocycles. The first-order chi connectivity index (χ1) is 1.91. The van der Waals surface area contributed by atoms with Gasteiger partial charge in [-0.3, -0.25) is 0 Å². The first-order valence-corrected chi connectivity index (χ1v) is 1.46. The summed E-state index contributed by atoms with van der Waals surface area (Å²) < 4.78 is 2.98. The Morgan fingerprint density at radius 2 is 2.00 bits per heavy atom. The Morgan fingerprint density at radius 1 is 1.80 bits per heavy atom. The zero-order chi connectivity index (χ0) is 3.41. The molecule has 0 aromatic rings. The van der Waals surface area contributed by atoms with Gasteiger partial charge in [0.2, 0.25) is 0 Å². The molecule has 3 N–H and O–H groups in total. The molecule has 0 rings (SSSR count). The third kappa shape index (κ3) is 16.2. The van der Waals surface area contributed by atoms with Crippen molar-refractivity contribution in [2.24, 2.45) is 3.60 Å². The van der Waals surface area contributed by atoms with Crippen molar-refractivity contribution in [1.29, 1.82) is 0 Å². The third-order valence-corrected chi connectivity index (χ3v) is 0.213. The van der Waals surface area contributed by atoms with Crippen LogP contribution in [0.1, 0.15) is 0 Å². The number of azide groups is 1. The van der Waals surface area contributed by atoms with Gasteiger partial charge in [-0.2, -0.15) is 0 Å². The van der Waals surface area contributed by atoms with Gasteiger partial charge < -0.3 is 6.15 Å². The summed E-state index contributed by atoms with van der Waals surface area (Å²) in [5.74, 6) is 0. The molecule has 0 aliphatic heterocycles. The van der Waals surface area contributed by atoms with Gasteiger partial charge >= 0.3 is 34.7 Å². The average Bonchev–Trinajstić information content (AvgIpc) is 1.37. The van der Waals surface area contributed by atoms with E-state index in [4.69, 9.17) is 5.53 Å². The molecule has 0 unspecified atom stereocenters.